The van der Waals surface area contributed by atoms with Crippen LogP contribution in [0.5, 0.6) is 0 Å². The lowest BCUT2D eigenvalue weighted by molar-refractivity contribution is 0.0273. The standard InChI is InChI=1S/C13H17BrClNO/c1-7-5-8(14)10(15)9-11(7)16-12(2,3)6-13(9,4)17/h5,16-17H,6H2,1-4H3. The Morgan fingerprint density at radius 2 is 2.00 bits per heavy atom. The Bertz CT molecular complexity index is 483. The van der Waals surface area contributed by atoms with E-state index < -0.39 is 5.60 Å². The number of hydrogen-bond donors (Lipinski definition) is 2. The zero-order chi connectivity index (χ0) is 13.0. The van der Waals surface area contributed by atoms with Crippen LogP contribution in [0.15, 0.2) is 10.5 Å². The summed E-state index contributed by atoms with van der Waals surface area (Å²) in [6, 6.07) is 1.98. The van der Waals surface area contributed by atoms with Crippen LogP contribution < -0.4 is 5.32 Å². The molecule has 2 nitrogen and oxygen atoms in total. The molecule has 0 saturated carbocycles. The van der Waals surface area contributed by atoms with Gasteiger partial charge in [0, 0.05) is 27.7 Å². The first-order valence-electron chi connectivity index (χ1n) is 5.64. The molecule has 0 bridgehead atoms. The lowest BCUT2D eigenvalue weighted by Gasteiger charge is -2.43. The third-order valence-electron chi connectivity index (χ3n) is 3.20. The van der Waals surface area contributed by atoms with Crippen molar-refractivity contribution in [3.05, 3.63) is 26.7 Å². The van der Waals surface area contributed by atoms with Gasteiger partial charge in [-0.25, -0.2) is 0 Å². The lowest BCUT2D eigenvalue weighted by atomic mass is 9.77. The monoisotopic (exact) mass is 317 g/mol. The molecular formula is C13H17BrClNO. The lowest BCUT2D eigenvalue weighted by Crippen LogP contribution is -2.45. The van der Waals surface area contributed by atoms with E-state index in [1.165, 1.54) is 0 Å². The molecule has 0 radical (unpaired) electrons. The Labute approximate surface area is 115 Å². The quantitative estimate of drug-likeness (QED) is 0.751. The first kappa shape index (κ1) is 13.2. The first-order valence-corrected chi connectivity index (χ1v) is 6.81. The third-order valence-corrected chi connectivity index (χ3v) is 4.45. The van der Waals surface area contributed by atoms with Gasteiger partial charge in [0.1, 0.15) is 0 Å². The number of benzene rings is 1. The summed E-state index contributed by atoms with van der Waals surface area (Å²) in [5.41, 5.74) is 1.79. The SMILES string of the molecule is Cc1cc(Br)c(Cl)c2c1NC(C)(C)CC2(C)O. The fraction of sp³-hybridized carbons (Fsp3) is 0.538. The van der Waals surface area contributed by atoms with Crippen LogP contribution >= 0.6 is 27.5 Å². The van der Waals surface area contributed by atoms with Crippen molar-refractivity contribution in [3.63, 3.8) is 0 Å². The van der Waals surface area contributed by atoms with Gasteiger partial charge in [-0.1, -0.05) is 11.6 Å². The summed E-state index contributed by atoms with van der Waals surface area (Å²) < 4.78 is 0.831. The van der Waals surface area contributed by atoms with Gasteiger partial charge in [0.05, 0.1) is 10.6 Å². The molecule has 2 N–H and O–H groups in total. The normalized spacial score (nSPS) is 26.3. The number of halogens is 2. The van der Waals surface area contributed by atoms with Crippen molar-refractivity contribution in [1.29, 1.82) is 0 Å². The molecule has 1 unspecified atom stereocenters. The smallest absolute Gasteiger partial charge is 0.0925 e. The molecular weight excluding hydrogens is 302 g/mol. The molecule has 1 aromatic carbocycles. The summed E-state index contributed by atoms with van der Waals surface area (Å²) in [5.74, 6) is 0. The minimum Gasteiger partial charge on any atom is -0.385 e. The van der Waals surface area contributed by atoms with Crippen LogP contribution in [-0.2, 0) is 5.60 Å². The van der Waals surface area contributed by atoms with E-state index in [9.17, 15) is 5.11 Å². The predicted octanol–water partition coefficient (Wildman–Crippen LogP) is 4.21. The van der Waals surface area contributed by atoms with Gasteiger partial charge in [0.2, 0.25) is 0 Å². The molecule has 4 heteroatoms. The highest BCUT2D eigenvalue weighted by Crippen LogP contribution is 2.48. The van der Waals surface area contributed by atoms with E-state index in [-0.39, 0.29) is 5.54 Å². The molecule has 1 aliphatic rings. The second-order valence-corrected chi connectivity index (χ2v) is 6.93. The van der Waals surface area contributed by atoms with Gasteiger partial charge in [0.15, 0.2) is 0 Å². The zero-order valence-electron chi connectivity index (χ0n) is 10.5. The second kappa shape index (κ2) is 3.87. The largest absolute Gasteiger partial charge is 0.385 e. The van der Waals surface area contributed by atoms with Crippen molar-refractivity contribution in [2.24, 2.45) is 0 Å². The molecule has 1 aliphatic heterocycles. The molecule has 0 aromatic heterocycles. The van der Waals surface area contributed by atoms with Gasteiger partial charge in [0.25, 0.3) is 0 Å². The summed E-state index contributed by atoms with van der Waals surface area (Å²) in [5, 5.41) is 14.7. The Morgan fingerprint density at radius 1 is 1.41 bits per heavy atom. The molecule has 0 spiro atoms. The highest BCUT2D eigenvalue weighted by Gasteiger charge is 2.41. The zero-order valence-corrected chi connectivity index (χ0v) is 12.8. The van der Waals surface area contributed by atoms with Crippen LogP contribution in [0.2, 0.25) is 5.02 Å². The Balaban J connectivity index is 2.74. The molecule has 0 aliphatic carbocycles. The molecule has 1 heterocycles. The van der Waals surface area contributed by atoms with E-state index in [1.807, 2.05) is 19.9 Å². The number of hydrogen-bond acceptors (Lipinski definition) is 2. The molecule has 1 atom stereocenters. The molecule has 2 rings (SSSR count). The Morgan fingerprint density at radius 3 is 2.59 bits per heavy atom. The number of nitrogens with one attached hydrogen (secondary N) is 1. The van der Waals surface area contributed by atoms with Crippen molar-refractivity contribution >= 4 is 33.2 Å². The summed E-state index contributed by atoms with van der Waals surface area (Å²) >= 11 is 9.75. The Kier molecular flexibility index (Phi) is 3.00. The van der Waals surface area contributed by atoms with E-state index in [0.29, 0.717) is 11.4 Å². The van der Waals surface area contributed by atoms with Crippen LogP contribution in [0.25, 0.3) is 0 Å². The van der Waals surface area contributed by atoms with Crippen molar-refractivity contribution in [1.82, 2.24) is 0 Å². The molecule has 0 fully saturated rings. The van der Waals surface area contributed by atoms with Crippen LogP contribution in [0, 0.1) is 6.92 Å². The molecule has 0 amide bonds. The number of aryl methyl sites for hydroxylation is 1. The van der Waals surface area contributed by atoms with Crippen LogP contribution in [0.4, 0.5) is 5.69 Å². The van der Waals surface area contributed by atoms with Crippen molar-refractivity contribution in [3.8, 4) is 0 Å². The van der Waals surface area contributed by atoms with Gasteiger partial charge in [-0.2, -0.15) is 0 Å². The van der Waals surface area contributed by atoms with Crippen molar-refractivity contribution < 1.29 is 5.11 Å². The highest BCUT2D eigenvalue weighted by molar-refractivity contribution is 9.10. The number of aliphatic hydroxyl groups is 1. The fourth-order valence-electron chi connectivity index (χ4n) is 2.75. The first-order chi connectivity index (χ1) is 7.64. The van der Waals surface area contributed by atoms with Crippen LogP contribution in [0.3, 0.4) is 0 Å². The molecule has 17 heavy (non-hydrogen) atoms. The van der Waals surface area contributed by atoms with Gasteiger partial charge in [-0.15, -0.1) is 0 Å². The van der Waals surface area contributed by atoms with Gasteiger partial charge in [-0.3, -0.25) is 0 Å². The third kappa shape index (κ3) is 2.20. The predicted molar refractivity (Wildman–Crippen MR) is 75.8 cm³/mol. The average molecular weight is 319 g/mol. The summed E-state index contributed by atoms with van der Waals surface area (Å²) in [6.45, 7) is 8.01. The topological polar surface area (TPSA) is 32.3 Å². The highest BCUT2D eigenvalue weighted by atomic mass is 79.9. The van der Waals surface area contributed by atoms with E-state index >= 15 is 0 Å². The van der Waals surface area contributed by atoms with E-state index in [4.69, 9.17) is 11.6 Å². The number of fused-ring (bicyclic) bond motifs is 1. The molecule has 94 valence electrons. The summed E-state index contributed by atoms with van der Waals surface area (Å²) in [4.78, 5) is 0. The second-order valence-electron chi connectivity index (χ2n) is 5.70. The van der Waals surface area contributed by atoms with Gasteiger partial charge < -0.3 is 10.4 Å². The van der Waals surface area contributed by atoms with E-state index in [2.05, 4.69) is 35.1 Å². The van der Waals surface area contributed by atoms with E-state index in [1.54, 1.807) is 0 Å². The van der Waals surface area contributed by atoms with E-state index in [0.717, 1.165) is 21.3 Å². The minimum absolute atomic E-state index is 0.140. The van der Waals surface area contributed by atoms with Gasteiger partial charge >= 0.3 is 0 Å². The fourth-order valence-corrected chi connectivity index (χ4v) is 3.64. The molecule has 1 aromatic rings. The maximum Gasteiger partial charge on any atom is 0.0925 e. The van der Waals surface area contributed by atoms with Crippen LogP contribution in [0.1, 0.15) is 38.3 Å². The minimum atomic E-state index is -0.907. The average Bonchev–Trinajstić information content (AvgIpc) is 2.10. The van der Waals surface area contributed by atoms with Crippen molar-refractivity contribution in [2.75, 3.05) is 5.32 Å². The molecule has 0 saturated heterocycles. The van der Waals surface area contributed by atoms with Crippen LogP contribution in [-0.4, -0.2) is 10.6 Å². The summed E-state index contributed by atoms with van der Waals surface area (Å²) in [7, 11) is 0. The number of rotatable bonds is 0. The van der Waals surface area contributed by atoms with Gasteiger partial charge in [-0.05, 0) is 55.3 Å². The Hall–Kier alpha value is -0.250. The maximum atomic E-state index is 10.6. The number of anilines is 1. The summed E-state index contributed by atoms with van der Waals surface area (Å²) in [6.07, 6.45) is 0.628. The maximum absolute atomic E-state index is 10.6. The van der Waals surface area contributed by atoms with Crippen molar-refractivity contribution in [2.45, 2.75) is 45.3 Å².